The highest BCUT2D eigenvalue weighted by Crippen LogP contribution is 2.32. The minimum atomic E-state index is -4.39. The van der Waals surface area contributed by atoms with Crippen LogP contribution in [0.5, 0.6) is 0 Å². The fourth-order valence-corrected chi connectivity index (χ4v) is 5.30. The van der Waals surface area contributed by atoms with Gasteiger partial charge in [0.15, 0.2) is 0 Å². The van der Waals surface area contributed by atoms with E-state index in [9.17, 15) is 26.4 Å². The zero-order valence-corrected chi connectivity index (χ0v) is 14.2. The van der Waals surface area contributed by atoms with Crippen LogP contribution < -0.4 is 0 Å². The Hall–Kier alpha value is -0.870. The average molecular weight is 369 g/mol. The van der Waals surface area contributed by atoms with Crippen molar-refractivity contribution in [1.82, 2.24) is 14.1 Å². The van der Waals surface area contributed by atoms with Crippen molar-refractivity contribution in [3.8, 4) is 0 Å². The van der Waals surface area contributed by atoms with Gasteiger partial charge in [0.05, 0.1) is 11.3 Å². The van der Waals surface area contributed by atoms with E-state index < -0.39 is 34.7 Å². The van der Waals surface area contributed by atoms with Crippen LogP contribution in [-0.2, 0) is 14.8 Å². The smallest absolute Gasteiger partial charge is 0.332 e. The molecule has 0 unspecified atom stereocenters. The lowest BCUT2D eigenvalue weighted by molar-refractivity contribution is -0.168. The second-order valence-electron chi connectivity index (χ2n) is 6.71. The summed E-state index contributed by atoms with van der Waals surface area (Å²) in [6, 6.07) is -0.563. The minimum Gasteiger partial charge on any atom is -0.332 e. The average Bonchev–Trinajstić information content (AvgIpc) is 3.33. The number of carbonyl (C=O) groups is 1. The lowest BCUT2D eigenvalue weighted by Crippen LogP contribution is -2.59. The third kappa shape index (κ3) is 3.85. The standard InChI is InChI=1S/C14H22F3N3O3S/c15-14(16,17)10-19-5-1-2-12(13(19)21)18-6-8-20(9-7-18)24(22,23)11-3-4-11/h11-12H,1-10H2/t12-/m0/s1. The first kappa shape index (κ1) is 17.9. The number of carbonyl (C=O) groups excluding carboxylic acids is 1. The Morgan fingerprint density at radius 1 is 1.00 bits per heavy atom. The summed E-state index contributed by atoms with van der Waals surface area (Å²) < 4.78 is 63.6. The lowest BCUT2D eigenvalue weighted by Gasteiger charge is -2.42. The van der Waals surface area contributed by atoms with Crippen molar-refractivity contribution in [2.75, 3.05) is 39.3 Å². The highest BCUT2D eigenvalue weighted by atomic mass is 32.2. The Balaban J connectivity index is 1.58. The lowest BCUT2D eigenvalue weighted by atomic mass is 10.0. The molecule has 0 aromatic rings. The molecule has 0 bridgehead atoms. The number of amides is 1. The number of alkyl halides is 3. The van der Waals surface area contributed by atoms with Gasteiger partial charge in [-0.15, -0.1) is 0 Å². The first-order valence-corrected chi connectivity index (χ1v) is 9.77. The molecular weight excluding hydrogens is 347 g/mol. The number of halogens is 3. The maximum atomic E-state index is 12.6. The second kappa shape index (κ2) is 6.45. The molecular formula is C14H22F3N3O3S. The van der Waals surface area contributed by atoms with Crippen molar-refractivity contribution in [3.63, 3.8) is 0 Å². The van der Waals surface area contributed by atoms with Gasteiger partial charge < -0.3 is 4.90 Å². The Morgan fingerprint density at radius 2 is 1.62 bits per heavy atom. The maximum absolute atomic E-state index is 12.6. The molecule has 3 aliphatic rings. The number of piperidine rings is 1. The van der Waals surface area contributed by atoms with Gasteiger partial charge in [0, 0.05) is 32.7 Å². The minimum absolute atomic E-state index is 0.130. The van der Waals surface area contributed by atoms with E-state index in [-0.39, 0.29) is 11.8 Å². The van der Waals surface area contributed by atoms with Crippen LogP contribution >= 0.6 is 0 Å². The quantitative estimate of drug-likeness (QED) is 0.730. The fraction of sp³-hybridized carbons (Fsp3) is 0.929. The third-order valence-electron chi connectivity index (χ3n) is 4.89. The van der Waals surface area contributed by atoms with E-state index in [1.807, 2.05) is 4.90 Å². The van der Waals surface area contributed by atoms with Crippen molar-refractivity contribution >= 4 is 15.9 Å². The van der Waals surface area contributed by atoms with Crippen LogP contribution in [0.15, 0.2) is 0 Å². The summed E-state index contributed by atoms with van der Waals surface area (Å²) in [5.74, 6) is -0.489. The molecule has 2 aliphatic heterocycles. The third-order valence-corrected chi connectivity index (χ3v) is 7.29. The van der Waals surface area contributed by atoms with Gasteiger partial charge in [0.2, 0.25) is 15.9 Å². The molecule has 10 heteroatoms. The zero-order valence-electron chi connectivity index (χ0n) is 13.3. The molecule has 0 spiro atoms. The highest BCUT2D eigenvalue weighted by Gasteiger charge is 2.43. The number of hydrogen-bond acceptors (Lipinski definition) is 4. The van der Waals surface area contributed by atoms with Crippen LogP contribution in [0.1, 0.15) is 25.7 Å². The summed E-state index contributed by atoms with van der Waals surface area (Å²) in [6.45, 7) is 0.317. The molecule has 138 valence electrons. The van der Waals surface area contributed by atoms with Gasteiger partial charge in [-0.2, -0.15) is 17.5 Å². The zero-order chi connectivity index (χ0) is 17.5. The molecule has 0 N–H and O–H groups in total. The van der Waals surface area contributed by atoms with Gasteiger partial charge in [-0.1, -0.05) is 0 Å². The van der Waals surface area contributed by atoms with Crippen LogP contribution in [0.2, 0.25) is 0 Å². The van der Waals surface area contributed by atoms with Gasteiger partial charge in [0.25, 0.3) is 0 Å². The first-order valence-electron chi connectivity index (χ1n) is 8.27. The second-order valence-corrected chi connectivity index (χ2v) is 8.93. The Morgan fingerprint density at radius 3 is 2.17 bits per heavy atom. The predicted molar refractivity (Wildman–Crippen MR) is 80.7 cm³/mol. The van der Waals surface area contributed by atoms with E-state index in [4.69, 9.17) is 0 Å². The molecule has 1 aliphatic carbocycles. The summed E-state index contributed by atoms with van der Waals surface area (Å²) >= 11 is 0. The molecule has 6 nitrogen and oxygen atoms in total. The van der Waals surface area contributed by atoms with E-state index in [0.717, 1.165) is 4.90 Å². The van der Waals surface area contributed by atoms with Crippen LogP contribution in [-0.4, -0.2) is 85.2 Å². The van der Waals surface area contributed by atoms with Gasteiger partial charge >= 0.3 is 6.18 Å². The monoisotopic (exact) mass is 369 g/mol. The van der Waals surface area contributed by atoms with Crippen LogP contribution in [0.4, 0.5) is 13.2 Å². The Kier molecular flexibility index (Phi) is 4.82. The van der Waals surface area contributed by atoms with Gasteiger partial charge in [0.1, 0.15) is 6.54 Å². The first-order chi connectivity index (χ1) is 11.2. The Bertz CT molecular complexity index is 584. The van der Waals surface area contributed by atoms with Crippen LogP contribution in [0.25, 0.3) is 0 Å². The van der Waals surface area contributed by atoms with Crippen molar-refractivity contribution in [1.29, 1.82) is 0 Å². The number of rotatable bonds is 4. The van der Waals surface area contributed by atoms with Crippen molar-refractivity contribution in [2.45, 2.75) is 43.2 Å². The molecule has 1 atom stereocenters. The van der Waals surface area contributed by atoms with Crippen molar-refractivity contribution < 1.29 is 26.4 Å². The summed E-state index contributed by atoms with van der Waals surface area (Å²) in [6.07, 6.45) is -1.92. The summed E-state index contributed by atoms with van der Waals surface area (Å²) in [7, 11) is -3.23. The Labute approximate surface area is 139 Å². The van der Waals surface area contributed by atoms with Crippen molar-refractivity contribution in [3.05, 3.63) is 0 Å². The van der Waals surface area contributed by atoms with E-state index in [2.05, 4.69) is 0 Å². The van der Waals surface area contributed by atoms with E-state index in [1.165, 1.54) is 4.31 Å². The van der Waals surface area contributed by atoms with E-state index in [0.29, 0.717) is 51.9 Å². The molecule has 3 fully saturated rings. The number of hydrogen-bond donors (Lipinski definition) is 0. The predicted octanol–water partition coefficient (Wildman–Crippen LogP) is 0.649. The molecule has 24 heavy (non-hydrogen) atoms. The fourth-order valence-electron chi connectivity index (χ4n) is 3.48. The molecule has 3 rings (SSSR count). The van der Waals surface area contributed by atoms with Crippen LogP contribution in [0, 0.1) is 0 Å². The number of sulfonamides is 1. The van der Waals surface area contributed by atoms with E-state index >= 15 is 0 Å². The summed E-state index contributed by atoms with van der Waals surface area (Å²) in [5.41, 5.74) is 0. The maximum Gasteiger partial charge on any atom is 0.406 e. The van der Waals surface area contributed by atoms with Crippen molar-refractivity contribution in [2.24, 2.45) is 0 Å². The van der Waals surface area contributed by atoms with Gasteiger partial charge in [-0.25, -0.2) is 8.42 Å². The summed E-state index contributed by atoms with van der Waals surface area (Å²) in [5, 5.41) is -0.261. The van der Waals surface area contributed by atoms with Gasteiger partial charge in [-0.05, 0) is 25.7 Å². The largest absolute Gasteiger partial charge is 0.406 e. The molecule has 2 saturated heterocycles. The molecule has 2 heterocycles. The highest BCUT2D eigenvalue weighted by molar-refractivity contribution is 7.90. The molecule has 0 aromatic carbocycles. The molecule has 1 saturated carbocycles. The molecule has 1 amide bonds. The SMILES string of the molecule is O=C1[C@@H](N2CCN(S(=O)(=O)C3CC3)CC2)CCCN1CC(F)(F)F. The van der Waals surface area contributed by atoms with Gasteiger partial charge in [-0.3, -0.25) is 9.69 Å². The molecule has 0 radical (unpaired) electrons. The van der Waals surface area contributed by atoms with E-state index in [1.54, 1.807) is 0 Å². The summed E-state index contributed by atoms with van der Waals surface area (Å²) in [4.78, 5) is 15.1. The normalized spacial score (nSPS) is 28.4. The number of likely N-dealkylation sites (tertiary alicyclic amines) is 1. The number of nitrogens with zero attached hydrogens (tertiary/aromatic N) is 3. The van der Waals surface area contributed by atoms with Crippen LogP contribution in [0.3, 0.4) is 0 Å². The topological polar surface area (TPSA) is 60.9 Å². The number of piperazine rings is 1. The molecule has 0 aromatic heterocycles.